The van der Waals surface area contributed by atoms with Crippen LogP contribution in [0.2, 0.25) is 5.02 Å². The predicted molar refractivity (Wildman–Crippen MR) is 68.1 cm³/mol. The van der Waals surface area contributed by atoms with E-state index in [1.165, 1.54) is 12.1 Å². The first-order chi connectivity index (χ1) is 9.13. The average molecular weight is 291 g/mol. The molecule has 1 saturated carbocycles. The Morgan fingerprint density at radius 3 is 2.89 bits per heavy atom. The molecule has 1 aromatic carbocycles. The Balaban J connectivity index is 1.93. The zero-order valence-electron chi connectivity index (χ0n) is 10.5. The Morgan fingerprint density at radius 2 is 2.21 bits per heavy atom. The lowest BCUT2D eigenvalue weighted by Crippen LogP contribution is -2.55. The molecule has 0 radical (unpaired) electrons. The van der Waals surface area contributed by atoms with E-state index in [0.717, 1.165) is 0 Å². The van der Waals surface area contributed by atoms with Gasteiger partial charge in [0, 0.05) is 13.5 Å². The molecule has 0 heterocycles. The van der Waals surface area contributed by atoms with Gasteiger partial charge in [-0.2, -0.15) is 0 Å². The Bertz CT molecular complexity index is 429. The summed E-state index contributed by atoms with van der Waals surface area (Å²) in [5.41, 5.74) is 0. The van der Waals surface area contributed by atoms with E-state index in [2.05, 4.69) is 0 Å². The van der Waals surface area contributed by atoms with E-state index in [1.807, 2.05) is 0 Å². The van der Waals surface area contributed by atoms with Gasteiger partial charge in [-0.15, -0.1) is 0 Å². The van der Waals surface area contributed by atoms with Gasteiger partial charge in [0.15, 0.2) is 11.6 Å². The van der Waals surface area contributed by atoms with Crippen LogP contribution >= 0.6 is 11.6 Å². The molecule has 0 amide bonds. The Hall–Kier alpha value is -0.880. The number of methoxy groups -OCH3 is 1. The molecule has 1 aliphatic carbocycles. The molecule has 1 aliphatic rings. The maximum atomic E-state index is 13.7. The Kier molecular flexibility index (Phi) is 4.99. The van der Waals surface area contributed by atoms with Gasteiger partial charge in [0.25, 0.3) is 0 Å². The molecule has 2 rings (SSSR count). The zero-order valence-corrected chi connectivity index (χ0v) is 11.3. The fraction of sp³-hybridized carbons (Fsp3) is 0.538. The summed E-state index contributed by atoms with van der Waals surface area (Å²) in [6, 6.07) is 4.56. The number of ether oxygens (including phenoxy) is 3. The van der Waals surface area contributed by atoms with E-state index >= 15 is 0 Å². The molecule has 3 unspecified atom stereocenters. The van der Waals surface area contributed by atoms with Crippen molar-refractivity contribution in [1.82, 2.24) is 0 Å². The van der Waals surface area contributed by atoms with Crippen LogP contribution in [0.3, 0.4) is 0 Å². The van der Waals surface area contributed by atoms with Gasteiger partial charge in [0.1, 0.15) is 12.2 Å². The fourth-order valence-electron chi connectivity index (χ4n) is 1.90. The SMILES string of the molecule is COCCOC1C(O)CC1Oc1cccc(Cl)c1F. The molecule has 0 aromatic heterocycles. The van der Waals surface area contributed by atoms with Crippen LogP contribution in [0.4, 0.5) is 4.39 Å². The van der Waals surface area contributed by atoms with E-state index in [-0.39, 0.29) is 16.9 Å². The molecule has 1 N–H and O–H groups in total. The second-order valence-electron chi connectivity index (χ2n) is 4.34. The lowest BCUT2D eigenvalue weighted by molar-refractivity contribution is -0.167. The molecule has 106 valence electrons. The maximum absolute atomic E-state index is 13.7. The van der Waals surface area contributed by atoms with Crippen LogP contribution in [0.15, 0.2) is 18.2 Å². The minimum absolute atomic E-state index is 0.00854. The van der Waals surface area contributed by atoms with Gasteiger partial charge in [0.2, 0.25) is 0 Å². The molecule has 0 aliphatic heterocycles. The number of aliphatic hydroxyl groups excluding tert-OH is 1. The van der Waals surface area contributed by atoms with Gasteiger partial charge in [-0.25, -0.2) is 4.39 Å². The quantitative estimate of drug-likeness (QED) is 0.815. The topological polar surface area (TPSA) is 47.9 Å². The molecule has 3 atom stereocenters. The summed E-state index contributed by atoms with van der Waals surface area (Å²) in [6.45, 7) is 0.789. The highest BCUT2D eigenvalue weighted by Crippen LogP contribution is 2.32. The van der Waals surface area contributed by atoms with Crippen LogP contribution in [0, 0.1) is 5.82 Å². The molecular formula is C13H16ClFO4. The van der Waals surface area contributed by atoms with Gasteiger partial charge >= 0.3 is 0 Å². The fourth-order valence-corrected chi connectivity index (χ4v) is 2.06. The molecule has 1 aromatic rings. The number of aliphatic hydroxyl groups is 1. The average Bonchev–Trinajstić information content (AvgIpc) is 2.39. The lowest BCUT2D eigenvalue weighted by Gasteiger charge is -2.40. The number of hydrogen-bond donors (Lipinski definition) is 1. The van der Waals surface area contributed by atoms with Gasteiger partial charge in [-0.05, 0) is 12.1 Å². The first-order valence-corrected chi connectivity index (χ1v) is 6.40. The highest BCUT2D eigenvalue weighted by atomic mass is 35.5. The number of halogens is 2. The number of hydrogen-bond acceptors (Lipinski definition) is 4. The summed E-state index contributed by atoms with van der Waals surface area (Å²) in [7, 11) is 1.57. The van der Waals surface area contributed by atoms with E-state index < -0.39 is 18.0 Å². The van der Waals surface area contributed by atoms with Crippen molar-refractivity contribution in [2.75, 3.05) is 20.3 Å². The van der Waals surface area contributed by atoms with Crippen molar-refractivity contribution in [2.45, 2.75) is 24.7 Å². The second kappa shape index (κ2) is 6.52. The van der Waals surface area contributed by atoms with Crippen LogP contribution in [0.1, 0.15) is 6.42 Å². The summed E-state index contributed by atoms with van der Waals surface area (Å²) in [5, 5.41) is 9.62. The van der Waals surface area contributed by atoms with Crippen LogP contribution < -0.4 is 4.74 Å². The van der Waals surface area contributed by atoms with Crippen LogP contribution in [0.5, 0.6) is 5.75 Å². The smallest absolute Gasteiger partial charge is 0.183 e. The number of benzene rings is 1. The lowest BCUT2D eigenvalue weighted by atomic mass is 9.88. The molecule has 0 bridgehead atoms. The molecular weight excluding hydrogens is 275 g/mol. The second-order valence-corrected chi connectivity index (χ2v) is 4.75. The molecule has 0 spiro atoms. The third kappa shape index (κ3) is 3.36. The van der Waals surface area contributed by atoms with Crippen molar-refractivity contribution in [3.63, 3.8) is 0 Å². The van der Waals surface area contributed by atoms with Crippen LogP contribution in [0.25, 0.3) is 0 Å². The van der Waals surface area contributed by atoms with Gasteiger partial charge < -0.3 is 19.3 Å². The van der Waals surface area contributed by atoms with Crippen LogP contribution in [-0.2, 0) is 9.47 Å². The third-order valence-electron chi connectivity index (χ3n) is 3.01. The van der Waals surface area contributed by atoms with Crippen LogP contribution in [-0.4, -0.2) is 43.7 Å². The highest BCUT2D eigenvalue weighted by Gasteiger charge is 2.43. The largest absolute Gasteiger partial charge is 0.484 e. The van der Waals surface area contributed by atoms with E-state index in [4.69, 9.17) is 25.8 Å². The standard InChI is InChI=1S/C13H16ClFO4/c1-17-5-6-18-13-9(16)7-11(13)19-10-4-2-3-8(14)12(10)15/h2-4,9,11,13,16H,5-7H2,1H3. The normalized spacial score (nSPS) is 26.0. The van der Waals surface area contributed by atoms with Crippen molar-refractivity contribution in [3.8, 4) is 5.75 Å². The van der Waals surface area contributed by atoms with E-state index in [0.29, 0.717) is 19.6 Å². The van der Waals surface area contributed by atoms with Crippen molar-refractivity contribution < 1.29 is 23.7 Å². The first kappa shape index (κ1) is 14.5. The first-order valence-electron chi connectivity index (χ1n) is 6.02. The van der Waals surface area contributed by atoms with E-state index in [1.54, 1.807) is 13.2 Å². The summed E-state index contributed by atoms with van der Waals surface area (Å²) >= 11 is 5.67. The molecule has 6 heteroatoms. The van der Waals surface area contributed by atoms with Crippen molar-refractivity contribution in [1.29, 1.82) is 0 Å². The minimum Gasteiger partial charge on any atom is -0.484 e. The van der Waals surface area contributed by atoms with Gasteiger partial charge in [-0.3, -0.25) is 0 Å². The predicted octanol–water partition coefficient (Wildman–Crippen LogP) is 2.02. The Morgan fingerprint density at radius 1 is 1.42 bits per heavy atom. The van der Waals surface area contributed by atoms with Gasteiger partial charge in [0.05, 0.1) is 24.3 Å². The molecule has 1 fully saturated rings. The molecule has 0 saturated heterocycles. The third-order valence-corrected chi connectivity index (χ3v) is 3.30. The summed E-state index contributed by atoms with van der Waals surface area (Å²) in [6.07, 6.45) is -1.03. The van der Waals surface area contributed by atoms with Gasteiger partial charge in [-0.1, -0.05) is 17.7 Å². The number of rotatable bonds is 6. The van der Waals surface area contributed by atoms with Crippen molar-refractivity contribution in [2.24, 2.45) is 0 Å². The monoisotopic (exact) mass is 290 g/mol. The van der Waals surface area contributed by atoms with Crippen molar-refractivity contribution >= 4 is 11.6 Å². The maximum Gasteiger partial charge on any atom is 0.183 e. The summed E-state index contributed by atoms with van der Waals surface area (Å²) in [4.78, 5) is 0. The zero-order chi connectivity index (χ0) is 13.8. The van der Waals surface area contributed by atoms with Crippen molar-refractivity contribution in [3.05, 3.63) is 29.0 Å². The highest BCUT2D eigenvalue weighted by molar-refractivity contribution is 6.30. The minimum atomic E-state index is -0.596. The summed E-state index contributed by atoms with van der Waals surface area (Å²) in [5.74, 6) is -0.522. The summed E-state index contributed by atoms with van der Waals surface area (Å²) < 4.78 is 29.5. The van der Waals surface area contributed by atoms with E-state index in [9.17, 15) is 9.50 Å². The Labute approximate surface area is 116 Å². The molecule has 19 heavy (non-hydrogen) atoms. The molecule has 4 nitrogen and oxygen atoms in total.